The Labute approximate surface area is 246 Å². The van der Waals surface area contributed by atoms with E-state index in [4.69, 9.17) is 0 Å². The van der Waals surface area contributed by atoms with Crippen LogP contribution in [0.3, 0.4) is 0 Å². The Bertz CT molecular complexity index is 1390. The van der Waals surface area contributed by atoms with E-state index in [0.29, 0.717) is 23.5 Å². The number of piperidine rings is 2. The number of nitrogens with zero attached hydrogens (tertiary/aromatic N) is 4. The van der Waals surface area contributed by atoms with Crippen LogP contribution in [0.25, 0.3) is 11.0 Å². The van der Waals surface area contributed by atoms with Crippen molar-refractivity contribution in [2.75, 3.05) is 19.6 Å². The maximum Gasteiger partial charge on any atom is 0.416 e. The first-order valence-corrected chi connectivity index (χ1v) is 15.9. The summed E-state index contributed by atoms with van der Waals surface area (Å²) < 4.78 is 41.8. The van der Waals surface area contributed by atoms with Gasteiger partial charge in [-0.2, -0.15) is 13.2 Å². The number of likely N-dealkylation sites (tertiary alicyclic amines) is 1. The van der Waals surface area contributed by atoms with Crippen LogP contribution in [0.15, 0.2) is 54.9 Å². The summed E-state index contributed by atoms with van der Waals surface area (Å²) >= 11 is 0. The number of halogens is 3. The van der Waals surface area contributed by atoms with Crippen molar-refractivity contribution in [2.45, 2.75) is 100 Å². The van der Waals surface area contributed by atoms with E-state index in [1.54, 1.807) is 12.4 Å². The van der Waals surface area contributed by atoms with E-state index >= 15 is 0 Å². The molecular weight excluding hydrogens is 537 g/mol. The first-order chi connectivity index (χ1) is 20.3. The zero-order valence-corrected chi connectivity index (χ0v) is 24.2. The number of aromatic nitrogens is 2. The molecule has 0 spiro atoms. The molecule has 0 radical (unpaired) electrons. The van der Waals surface area contributed by atoms with Gasteiger partial charge in [-0.25, -0.2) is 4.98 Å². The van der Waals surface area contributed by atoms with E-state index < -0.39 is 11.7 Å². The van der Waals surface area contributed by atoms with Gasteiger partial charge in [0.15, 0.2) is 0 Å². The van der Waals surface area contributed by atoms with Crippen molar-refractivity contribution in [3.05, 3.63) is 66.0 Å². The molecule has 4 heterocycles. The summed E-state index contributed by atoms with van der Waals surface area (Å²) in [7, 11) is 0. The SMILES string of the molecule is O=C(C1CCCC1)N1CCC(CCN2C3CC[C@H]2CC(n2cnc4cc(C(F)(F)F)ccc42)C3)(c2ccccc2)CC1. The van der Waals surface area contributed by atoms with E-state index in [1.165, 1.54) is 43.4 Å². The molecule has 42 heavy (non-hydrogen) atoms. The third kappa shape index (κ3) is 5.14. The Morgan fingerprint density at radius 3 is 2.26 bits per heavy atom. The average Bonchev–Trinajstić information content (AvgIpc) is 3.74. The Hall–Kier alpha value is -2.87. The van der Waals surface area contributed by atoms with E-state index in [1.807, 2.05) is 0 Å². The monoisotopic (exact) mass is 578 g/mol. The number of amides is 1. The van der Waals surface area contributed by atoms with Crippen molar-refractivity contribution in [3.63, 3.8) is 0 Å². The van der Waals surface area contributed by atoms with Gasteiger partial charge in [0.05, 0.1) is 22.9 Å². The van der Waals surface area contributed by atoms with Gasteiger partial charge < -0.3 is 9.47 Å². The smallest absolute Gasteiger partial charge is 0.342 e. The van der Waals surface area contributed by atoms with Crippen LogP contribution in [0.2, 0.25) is 0 Å². The van der Waals surface area contributed by atoms with Crippen molar-refractivity contribution < 1.29 is 18.0 Å². The fourth-order valence-corrected chi connectivity index (χ4v) is 8.74. The van der Waals surface area contributed by atoms with E-state index in [-0.39, 0.29) is 17.4 Å². The maximum absolute atomic E-state index is 13.2. The summed E-state index contributed by atoms with van der Waals surface area (Å²) in [6, 6.07) is 16.1. The average molecular weight is 579 g/mol. The molecule has 3 aliphatic heterocycles. The summed E-state index contributed by atoms with van der Waals surface area (Å²) in [6.45, 7) is 2.75. The standard InChI is InChI=1S/C34H41F3N4O/c35-34(36,37)26-10-13-31-30(20-26)38-23-41(31)29-21-27-11-12-28(22-29)40(27)19-16-33(25-8-2-1-3-9-25)14-17-39(18-15-33)32(42)24-6-4-5-7-24/h1-3,8-10,13,20,23-24,27-29H,4-7,11-12,14-19,21-22H2/t27-,28?,29?/m0/s1. The van der Waals surface area contributed by atoms with Crippen molar-refractivity contribution in [3.8, 4) is 0 Å². The molecule has 5 nitrogen and oxygen atoms in total. The minimum Gasteiger partial charge on any atom is -0.342 e. The number of fused-ring (bicyclic) bond motifs is 3. The van der Waals surface area contributed by atoms with E-state index in [2.05, 4.69) is 49.7 Å². The second kappa shape index (κ2) is 11.0. The number of rotatable bonds is 6. The highest BCUT2D eigenvalue weighted by Gasteiger charge is 2.44. The fourth-order valence-electron chi connectivity index (χ4n) is 8.74. The second-order valence-electron chi connectivity index (χ2n) is 13.3. The van der Waals surface area contributed by atoms with Crippen LogP contribution in [0.1, 0.15) is 87.8 Å². The van der Waals surface area contributed by atoms with Gasteiger partial charge >= 0.3 is 6.18 Å². The van der Waals surface area contributed by atoms with Crippen molar-refractivity contribution in [2.24, 2.45) is 5.92 Å². The normalized spacial score (nSPS) is 26.7. The lowest BCUT2D eigenvalue weighted by molar-refractivity contribution is -0.138. The molecule has 3 aromatic rings. The summed E-state index contributed by atoms with van der Waals surface area (Å²) in [4.78, 5) is 22.4. The Kier molecular flexibility index (Phi) is 7.32. The maximum atomic E-state index is 13.2. The lowest BCUT2D eigenvalue weighted by Gasteiger charge is -2.46. The summed E-state index contributed by atoms with van der Waals surface area (Å²) in [6.07, 6.45) is 9.36. The number of hydrogen-bond acceptors (Lipinski definition) is 3. The lowest BCUT2D eigenvalue weighted by Crippen LogP contribution is -2.49. The van der Waals surface area contributed by atoms with Crippen molar-refractivity contribution in [1.29, 1.82) is 0 Å². The molecule has 4 fully saturated rings. The largest absolute Gasteiger partial charge is 0.416 e. The van der Waals surface area contributed by atoms with Crippen LogP contribution in [0.4, 0.5) is 13.2 Å². The van der Waals surface area contributed by atoms with Gasteiger partial charge in [0.1, 0.15) is 0 Å². The predicted molar refractivity (Wildman–Crippen MR) is 157 cm³/mol. The van der Waals surface area contributed by atoms with Gasteiger partial charge in [0.2, 0.25) is 5.91 Å². The molecule has 1 aliphatic carbocycles. The van der Waals surface area contributed by atoms with Crippen LogP contribution in [0.5, 0.6) is 0 Å². The third-order valence-electron chi connectivity index (χ3n) is 11.1. The minimum atomic E-state index is -4.36. The topological polar surface area (TPSA) is 41.4 Å². The zero-order chi connectivity index (χ0) is 28.9. The van der Waals surface area contributed by atoms with Crippen LogP contribution < -0.4 is 0 Å². The number of imidazole rings is 1. The molecule has 1 aromatic heterocycles. The van der Waals surface area contributed by atoms with Gasteiger partial charge in [-0.15, -0.1) is 0 Å². The molecule has 1 amide bonds. The Morgan fingerprint density at radius 2 is 1.60 bits per heavy atom. The van der Waals surface area contributed by atoms with Gasteiger partial charge in [0, 0.05) is 37.1 Å². The van der Waals surface area contributed by atoms with Gasteiger partial charge in [-0.1, -0.05) is 43.2 Å². The molecule has 4 aliphatic rings. The molecular formula is C34H41F3N4O. The highest BCUT2D eigenvalue weighted by molar-refractivity contribution is 5.79. The van der Waals surface area contributed by atoms with Crippen LogP contribution >= 0.6 is 0 Å². The van der Waals surface area contributed by atoms with Gasteiger partial charge in [-0.05, 0) is 93.5 Å². The van der Waals surface area contributed by atoms with E-state index in [9.17, 15) is 18.0 Å². The molecule has 2 unspecified atom stereocenters. The zero-order valence-electron chi connectivity index (χ0n) is 24.2. The quantitative estimate of drug-likeness (QED) is 0.307. The third-order valence-corrected chi connectivity index (χ3v) is 11.1. The highest BCUT2D eigenvalue weighted by Crippen LogP contribution is 2.45. The van der Waals surface area contributed by atoms with Crippen LogP contribution in [0, 0.1) is 5.92 Å². The van der Waals surface area contributed by atoms with Crippen LogP contribution in [-0.2, 0) is 16.4 Å². The molecule has 0 N–H and O–H groups in total. The molecule has 2 aromatic carbocycles. The summed E-state index contributed by atoms with van der Waals surface area (Å²) in [5, 5.41) is 0. The number of benzene rings is 2. The molecule has 1 saturated carbocycles. The van der Waals surface area contributed by atoms with Crippen LogP contribution in [-0.4, -0.2) is 57.0 Å². The van der Waals surface area contributed by atoms with Gasteiger partial charge in [0.25, 0.3) is 0 Å². The first kappa shape index (κ1) is 27.9. The first-order valence-electron chi connectivity index (χ1n) is 15.9. The second-order valence-corrected chi connectivity index (χ2v) is 13.3. The Morgan fingerprint density at radius 1 is 0.905 bits per heavy atom. The van der Waals surface area contributed by atoms with E-state index in [0.717, 1.165) is 70.1 Å². The molecule has 3 atom stereocenters. The highest BCUT2D eigenvalue weighted by atomic mass is 19.4. The molecule has 7 rings (SSSR count). The van der Waals surface area contributed by atoms with Crippen molar-refractivity contribution >= 4 is 16.9 Å². The minimum absolute atomic E-state index is 0.0841. The molecule has 3 saturated heterocycles. The number of carbonyl (C=O) groups is 1. The fraction of sp³-hybridized carbons (Fsp3) is 0.588. The lowest BCUT2D eigenvalue weighted by atomic mass is 9.70. The molecule has 224 valence electrons. The Balaban J connectivity index is 1.04. The molecule has 8 heteroatoms. The number of hydrogen-bond donors (Lipinski definition) is 0. The van der Waals surface area contributed by atoms with Gasteiger partial charge in [-0.3, -0.25) is 9.69 Å². The molecule has 2 bridgehead atoms. The number of alkyl halides is 3. The summed E-state index contributed by atoms with van der Waals surface area (Å²) in [5.41, 5.74) is 2.06. The van der Waals surface area contributed by atoms with Crippen molar-refractivity contribution in [1.82, 2.24) is 19.4 Å². The number of carbonyl (C=O) groups excluding carboxylic acids is 1. The predicted octanol–water partition coefficient (Wildman–Crippen LogP) is 7.36. The summed E-state index contributed by atoms with van der Waals surface area (Å²) in [5.74, 6) is 0.626.